The van der Waals surface area contributed by atoms with Crippen LogP contribution in [0.5, 0.6) is 0 Å². The van der Waals surface area contributed by atoms with Crippen molar-refractivity contribution >= 4 is 17.6 Å². The van der Waals surface area contributed by atoms with E-state index in [0.29, 0.717) is 29.8 Å². The zero-order chi connectivity index (χ0) is 23.3. The van der Waals surface area contributed by atoms with Gasteiger partial charge in [0.2, 0.25) is 5.91 Å². The first-order chi connectivity index (χ1) is 15.2. The number of carbonyl (C=O) groups excluding carboxylic acids is 3. The predicted octanol–water partition coefficient (Wildman–Crippen LogP) is 3.55. The molecular weight excluding hydrogens is 411 g/mol. The highest BCUT2D eigenvalue weighted by Gasteiger charge is 2.31. The van der Waals surface area contributed by atoms with E-state index in [-0.39, 0.29) is 49.0 Å². The third-order valence-electron chi connectivity index (χ3n) is 5.37. The molecule has 0 spiro atoms. The second-order valence-electron chi connectivity index (χ2n) is 8.54. The SMILES string of the molecule is CC(=O)c1ccc(C(=O)N2CC(=O)N(CC(C)C)C[C@@H](OCc3ccccc3F)C2)cc1. The fraction of sp³-hybridized carbons (Fsp3) is 0.400. The summed E-state index contributed by atoms with van der Waals surface area (Å²) in [6.45, 7) is 6.59. The molecular formula is C25H29FN2O4. The zero-order valence-electron chi connectivity index (χ0n) is 18.7. The molecule has 0 aromatic heterocycles. The molecule has 2 amide bonds. The van der Waals surface area contributed by atoms with Crippen LogP contribution in [0, 0.1) is 11.7 Å². The van der Waals surface area contributed by atoms with E-state index < -0.39 is 6.10 Å². The third kappa shape index (κ3) is 6.01. The van der Waals surface area contributed by atoms with Gasteiger partial charge in [-0.1, -0.05) is 44.2 Å². The summed E-state index contributed by atoms with van der Waals surface area (Å²) in [6, 6.07) is 12.8. The van der Waals surface area contributed by atoms with Crippen LogP contribution >= 0.6 is 0 Å². The molecule has 0 N–H and O–H groups in total. The van der Waals surface area contributed by atoms with Gasteiger partial charge >= 0.3 is 0 Å². The highest BCUT2D eigenvalue weighted by atomic mass is 19.1. The molecule has 0 bridgehead atoms. The van der Waals surface area contributed by atoms with Crippen molar-refractivity contribution in [2.24, 2.45) is 5.92 Å². The maximum atomic E-state index is 14.0. The maximum absolute atomic E-state index is 14.0. The molecule has 0 radical (unpaired) electrons. The van der Waals surface area contributed by atoms with Gasteiger partial charge < -0.3 is 14.5 Å². The second-order valence-corrected chi connectivity index (χ2v) is 8.54. The van der Waals surface area contributed by atoms with E-state index in [1.807, 2.05) is 13.8 Å². The summed E-state index contributed by atoms with van der Waals surface area (Å²) in [5.74, 6) is -0.633. The van der Waals surface area contributed by atoms with Gasteiger partial charge in [-0.25, -0.2) is 4.39 Å². The van der Waals surface area contributed by atoms with E-state index in [4.69, 9.17) is 4.74 Å². The van der Waals surface area contributed by atoms with Gasteiger partial charge in [-0.2, -0.15) is 0 Å². The Bertz CT molecular complexity index is 974. The Balaban J connectivity index is 1.79. The molecule has 1 aliphatic heterocycles. The lowest BCUT2D eigenvalue weighted by Gasteiger charge is -2.26. The quantitative estimate of drug-likeness (QED) is 0.618. The predicted molar refractivity (Wildman–Crippen MR) is 119 cm³/mol. The molecule has 3 rings (SSSR count). The van der Waals surface area contributed by atoms with E-state index in [0.717, 1.165) is 0 Å². The maximum Gasteiger partial charge on any atom is 0.254 e. The number of benzene rings is 2. The smallest absolute Gasteiger partial charge is 0.254 e. The van der Waals surface area contributed by atoms with Gasteiger partial charge in [0.05, 0.1) is 12.7 Å². The van der Waals surface area contributed by atoms with Crippen molar-refractivity contribution in [2.45, 2.75) is 33.5 Å². The molecule has 2 aromatic rings. The van der Waals surface area contributed by atoms with Gasteiger partial charge in [0, 0.05) is 36.3 Å². The van der Waals surface area contributed by atoms with E-state index in [1.165, 1.54) is 17.9 Å². The normalized spacial score (nSPS) is 16.9. The number of hydrogen-bond donors (Lipinski definition) is 0. The van der Waals surface area contributed by atoms with Gasteiger partial charge in [0.25, 0.3) is 5.91 Å². The van der Waals surface area contributed by atoms with Crippen LogP contribution in [0.15, 0.2) is 48.5 Å². The third-order valence-corrected chi connectivity index (χ3v) is 5.37. The van der Waals surface area contributed by atoms with Crippen molar-refractivity contribution in [3.63, 3.8) is 0 Å². The van der Waals surface area contributed by atoms with Crippen LogP contribution in [0.2, 0.25) is 0 Å². The molecule has 1 aliphatic rings. The number of rotatable bonds is 7. The molecule has 1 saturated heterocycles. The van der Waals surface area contributed by atoms with Crippen LogP contribution in [0.1, 0.15) is 47.1 Å². The minimum Gasteiger partial charge on any atom is -0.370 e. The molecule has 170 valence electrons. The number of halogens is 1. The molecule has 32 heavy (non-hydrogen) atoms. The van der Waals surface area contributed by atoms with E-state index in [1.54, 1.807) is 47.4 Å². The number of Topliss-reactive ketones (excluding diaryl/α,β-unsaturated/α-hetero) is 1. The molecule has 1 fully saturated rings. The van der Waals surface area contributed by atoms with E-state index >= 15 is 0 Å². The molecule has 0 unspecified atom stereocenters. The average molecular weight is 441 g/mol. The number of hydrogen-bond acceptors (Lipinski definition) is 4. The standard InChI is InChI=1S/C25H29FN2O4/c1-17(2)12-27-13-22(32-16-21-6-4-5-7-23(21)26)14-28(15-24(27)30)25(31)20-10-8-19(9-11-20)18(3)29/h4-11,17,22H,12-16H2,1-3H3/t22-/m1/s1. The number of ether oxygens (including phenoxy) is 1. The Hall–Kier alpha value is -3.06. The number of carbonyl (C=O) groups is 3. The lowest BCUT2D eigenvalue weighted by molar-refractivity contribution is -0.132. The second kappa shape index (κ2) is 10.5. The lowest BCUT2D eigenvalue weighted by Crippen LogP contribution is -2.40. The first kappa shape index (κ1) is 23.6. The van der Waals surface area contributed by atoms with Gasteiger partial charge in [-0.15, -0.1) is 0 Å². The summed E-state index contributed by atoms with van der Waals surface area (Å²) in [5, 5.41) is 0. The topological polar surface area (TPSA) is 66.9 Å². The Kier molecular flexibility index (Phi) is 7.75. The molecule has 2 aromatic carbocycles. The summed E-state index contributed by atoms with van der Waals surface area (Å²) < 4.78 is 20.0. The van der Waals surface area contributed by atoms with Gasteiger partial charge in [-0.05, 0) is 31.0 Å². The van der Waals surface area contributed by atoms with Crippen molar-refractivity contribution in [2.75, 3.05) is 26.2 Å². The minimum absolute atomic E-state index is 0.0520. The molecule has 0 saturated carbocycles. The van der Waals surface area contributed by atoms with Crippen molar-refractivity contribution in [3.05, 3.63) is 71.0 Å². The van der Waals surface area contributed by atoms with Crippen LogP contribution in [0.3, 0.4) is 0 Å². The van der Waals surface area contributed by atoms with E-state index in [9.17, 15) is 18.8 Å². The monoisotopic (exact) mass is 440 g/mol. The highest BCUT2D eigenvalue weighted by molar-refractivity contribution is 5.99. The van der Waals surface area contributed by atoms with Crippen LogP contribution < -0.4 is 0 Å². The van der Waals surface area contributed by atoms with Crippen LogP contribution in [0.25, 0.3) is 0 Å². The van der Waals surface area contributed by atoms with Gasteiger partial charge in [-0.3, -0.25) is 14.4 Å². The Morgan fingerprint density at radius 2 is 1.72 bits per heavy atom. The van der Waals surface area contributed by atoms with Crippen LogP contribution in [-0.4, -0.2) is 59.7 Å². The largest absolute Gasteiger partial charge is 0.370 e. The Morgan fingerprint density at radius 1 is 1.06 bits per heavy atom. The van der Waals surface area contributed by atoms with Crippen molar-refractivity contribution in [1.29, 1.82) is 0 Å². The summed E-state index contributed by atoms with van der Waals surface area (Å²) in [6.07, 6.45) is -0.458. The van der Waals surface area contributed by atoms with Crippen molar-refractivity contribution in [1.82, 2.24) is 9.80 Å². The minimum atomic E-state index is -0.458. The highest BCUT2D eigenvalue weighted by Crippen LogP contribution is 2.17. The number of amides is 2. The van der Waals surface area contributed by atoms with Crippen LogP contribution in [0.4, 0.5) is 4.39 Å². The molecule has 6 nitrogen and oxygen atoms in total. The fourth-order valence-electron chi connectivity index (χ4n) is 3.71. The summed E-state index contributed by atoms with van der Waals surface area (Å²) >= 11 is 0. The summed E-state index contributed by atoms with van der Waals surface area (Å²) in [4.78, 5) is 40.7. The van der Waals surface area contributed by atoms with Gasteiger partial charge in [0.1, 0.15) is 12.4 Å². The lowest BCUT2D eigenvalue weighted by atomic mass is 10.1. The molecule has 1 atom stereocenters. The Morgan fingerprint density at radius 3 is 2.34 bits per heavy atom. The number of ketones is 1. The summed E-state index contributed by atoms with van der Waals surface area (Å²) in [7, 11) is 0. The summed E-state index contributed by atoms with van der Waals surface area (Å²) in [5.41, 5.74) is 1.34. The van der Waals surface area contributed by atoms with Crippen molar-refractivity contribution in [3.8, 4) is 0 Å². The number of nitrogens with zero attached hydrogens (tertiary/aromatic N) is 2. The fourth-order valence-corrected chi connectivity index (χ4v) is 3.71. The first-order valence-electron chi connectivity index (χ1n) is 10.8. The van der Waals surface area contributed by atoms with Gasteiger partial charge in [0.15, 0.2) is 5.78 Å². The molecule has 1 heterocycles. The Labute approximate surface area is 188 Å². The molecule has 0 aliphatic carbocycles. The zero-order valence-corrected chi connectivity index (χ0v) is 18.7. The van der Waals surface area contributed by atoms with Crippen LogP contribution in [-0.2, 0) is 16.1 Å². The molecule has 7 heteroatoms. The van der Waals surface area contributed by atoms with Crippen molar-refractivity contribution < 1.29 is 23.5 Å². The average Bonchev–Trinajstić information content (AvgIpc) is 2.91. The first-order valence-corrected chi connectivity index (χ1v) is 10.8. The van der Waals surface area contributed by atoms with E-state index in [2.05, 4.69) is 0 Å².